The molecule has 0 saturated carbocycles. The minimum Gasteiger partial charge on any atom is -0.462 e. The molecular formula is C13H15O2. The average Bonchev–Trinajstić information content (AvgIpc) is 2.25. The lowest BCUT2D eigenvalue weighted by Gasteiger charge is -2.04. The molecule has 2 heteroatoms. The standard InChI is InChI=1S/C13H15O2/c1-11(2)13(14)15-10-6-9-12-7-4-3-5-8-12/h4-5,7-8H,1,6,9-10H2,2H3. The van der Waals surface area contributed by atoms with Gasteiger partial charge in [0.05, 0.1) is 6.61 Å². The summed E-state index contributed by atoms with van der Waals surface area (Å²) in [5, 5.41) is 0. The molecule has 79 valence electrons. The molecule has 0 saturated heterocycles. The number of carbonyl (C=O) groups excluding carboxylic acids is 1. The Morgan fingerprint density at radius 1 is 1.47 bits per heavy atom. The third-order valence-corrected chi connectivity index (χ3v) is 1.98. The van der Waals surface area contributed by atoms with Gasteiger partial charge in [-0.25, -0.2) is 4.79 Å². The Hall–Kier alpha value is -1.57. The summed E-state index contributed by atoms with van der Waals surface area (Å²) >= 11 is 0. The van der Waals surface area contributed by atoms with E-state index in [0.29, 0.717) is 12.2 Å². The SMILES string of the molecule is C=C(C)C(=O)OCCCc1cc[c]cc1. The molecule has 0 spiro atoms. The Balaban J connectivity index is 2.18. The quantitative estimate of drug-likeness (QED) is 0.417. The average molecular weight is 203 g/mol. The highest BCUT2D eigenvalue weighted by molar-refractivity contribution is 5.86. The number of hydrogen-bond acceptors (Lipinski definition) is 2. The van der Waals surface area contributed by atoms with E-state index in [4.69, 9.17) is 4.74 Å². The molecule has 0 aliphatic carbocycles. The second-order valence-corrected chi connectivity index (χ2v) is 3.43. The minimum atomic E-state index is -0.309. The van der Waals surface area contributed by atoms with E-state index in [1.165, 1.54) is 5.56 Å². The summed E-state index contributed by atoms with van der Waals surface area (Å²) < 4.78 is 4.98. The Labute approximate surface area is 90.6 Å². The van der Waals surface area contributed by atoms with Gasteiger partial charge in [0.2, 0.25) is 0 Å². The first kappa shape index (κ1) is 11.5. The van der Waals surface area contributed by atoms with E-state index < -0.39 is 0 Å². The lowest BCUT2D eigenvalue weighted by Crippen LogP contribution is -2.06. The van der Waals surface area contributed by atoms with Crippen LogP contribution in [0, 0.1) is 6.07 Å². The van der Waals surface area contributed by atoms with Crippen molar-refractivity contribution in [1.29, 1.82) is 0 Å². The third-order valence-electron chi connectivity index (χ3n) is 1.98. The van der Waals surface area contributed by atoms with E-state index in [-0.39, 0.29) is 5.97 Å². The summed E-state index contributed by atoms with van der Waals surface area (Å²) in [6.07, 6.45) is 1.75. The van der Waals surface area contributed by atoms with Crippen molar-refractivity contribution in [3.8, 4) is 0 Å². The summed E-state index contributed by atoms with van der Waals surface area (Å²) in [6.45, 7) is 5.61. The summed E-state index contributed by atoms with van der Waals surface area (Å²) in [5.41, 5.74) is 1.68. The van der Waals surface area contributed by atoms with Crippen LogP contribution in [0.15, 0.2) is 36.4 Å². The highest BCUT2D eigenvalue weighted by atomic mass is 16.5. The molecule has 0 atom stereocenters. The van der Waals surface area contributed by atoms with Crippen molar-refractivity contribution in [2.24, 2.45) is 0 Å². The molecule has 1 aromatic rings. The molecule has 2 nitrogen and oxygen atoms in total. The molecule has 0 fully saturated rings. The summed E-state index contributed by atoms with van der Waals surface area (Å²) in [6, 6.07) is 10.8. The molecular weight excluding hydrogens is 188 g/mol. The van der Waals surface area contributed by atoms with Gasteiger partial charge in [0, 0.05) is 5.57 Å². The molecule has 0 aliphatic rings. The van der Waals surface area contributed by atoms with Crippen LogP contribution in [0.3, 0.4) is 0 Å². The fraction of sp³-hybridized carbons (Fsp3) is 0.308. The summed E-state index contributed by atoms with van der Waals surface area (Å²) in [7, 11) is 0. The Morgan fingerprint density at radius 3 is 2.73 bits per heavy atom. The first-order valence-corrected chi connectivity index (χ1v) is 4.98. The number of hydrogen-bond donors (Lipinski definition) is 0. The van der Waals surface area contributed by atoms with Gasteiger partial charge in [-0.2, -0.15) is 0 Å². The van der Waals surface area contributed by atoms with Crippen molar-refractivity contribution in [1.82, 2.24) is 0 Å². The second-order valence-electron chi connectivity index (χ2n) is 3.43. The van der Waals surface area contributed by atoms with E-state index >= 15 is 0 Å². The number of benzene rings is 1. The maximum absolute atomic E-state index is 11.0. The van der Waals surface area contributed by atoms with E-state index in [1.54, 1.807) is 6.92 Å². The molecule has 0 aromatic heterocycles. The molecule has 0 bridgehead atoms. The highest BCUT2D eigenvalue weighted by Crippen LogP contribution is 2.02. The maximum atomic E-state index is 11.0. The van der Waals surface area contributed by atoms with Crippen LogP contribution in [0.1, 0.15) is 18.9 Å². The smallest absolute Gasteiger partial charge is 0.333 e. The number of aryl methyl sites for hydroxylation is 1. The Bertz CT molecular complexity index is 328. The number of esters is 1. The molecule has 0 N–H and O–H groups in total. The van der Waals surface area contributed by atoms with Crippen LogP contribution in [-0.4, -0.2) is 12.6 Å². The molecule has 0 unspecified atom stereocenters. The first-order chi connectivity index (χ1) is 7.20. The lowest BCUT2D eigenvalue weighted by atomic mass is 10.1. The van der Waals surface area contributed by atoms with E-state index in [9.17, 15) is 4.79 Å². The van der Waals surface area contributed by atoms with Gasteiger partial charge in [0.15, 0.2) is 0 Å². The first-order valence-electron chi connectivity index (χ1n) is 4.98. The van der Waals surface area contributed by atoms with Gasteiger partial charge in [-0.1, -0.05) is 30.8 Å². The zero-order chi connectivity index (χ0) is 11.1. The Kier molecular flexibility index (Phi) is 4.61. The molecule has 1 aromatic carbocycles. The van der Waals surface area contributed by atoms with Crippen LogP contribution in [0.2, 0.25) is 0 Å². The molecule has 0 aliphatic heterocycles. The van der Waals surface area contributed by atoms with Gasteiger partial charge in [0.25, 0.3) is 0 Å². The van der Waals surface area contributed by atoms with Crippen molar-refractivity contribution in [3.63, 3.8) is 0 Å². The summed E-state index contributed by atoms with van der Waals surface area (Å²) in [4.78, 5) is 11.0. The van der Waals surface area contributed by atoms with Crippen molar-refractivity contribution >= 4 is 5.97 Å². The van der Waals surface area contributed by atoms with Crippen molar-refractivity contribution in [2.75, 3.05) is 6.61 Å². The molecule has 1 radical (unpaired) electrons. The predicted molar refractivity (Wildman–Crippen MR) is 59.4 cm³/mol. The van der Waals surface area contributed by atoms with E-state index in [1.807, 2.05) is 24.3 Å². The zero-order valence-corrected chi connectivity index (χ0v) is 8.95. The van der Waals surface area contributed by atoms with Gasteiger partial charge in [0.1, 0.15) is 0 Å². The van der Waals surface area contributed by atoms with Crippen molar-refractivity contribution < 1.29 is 9.53 Å². The van der Waals surface area contributed by atoms with E-state index in [2.05, 4.69) is 12.6 Å². The fourth-order valence-electron chi connectivity index (χ4n) is 1.15. The fourth-order valence-corrected chi connectivity index (χ4v) is 1.15. The van der Waals surface area contributed by atoms with Crippen LogP contribution in [0.25, 0.3) is 0 Å². The third kappa shape index (κ3) is 4.45. The second kappa shape index (κ2) is 6.02. The number of ether oxygens (including phenoxy) is 1. The van der Waals surface area contributed by atoms with Gasteiger partial charge in [-0.05, 0) is 31.4 Å². The van der Waals surface area contributed by atoms with Crippen LogP contribution in [0.5, 0.6) is 0 Å². The normalized spacial score (nSPS) is 9.67. The van der Waals surface area contributed by atoms with Crippen molar-refractivity contribution in [2.45, 2.75) is 19.8 Å². The maximum Gasteiger partial charge on any atom is 0.333 e. The largest absolute Gasteiger partial charge is 0.462 e. The number of rotatable bonds is 5. The lowest BCUT2D eigenvalue weighted by molar-refractivity contribution is -0.139. The minimum absolute atomic E-state index is 0.309. The molecule has 15 heavy (non-hydrogen) atoms. The van der Waals surface area contributed by atoms with Gasteiger partial charge >= 0.3 is 5.97 Å². The number of carbonyl (C=O) groups is 1. The molecule has 0 heterocycles. The monoisotopic (exact) mass is 203 g/mol. The van der Waals surface area contributed by atoms with Crippen LogP contribution >= 0.6 is 0 Å². The molecule has 0 amide bonds. The topological polar surface area (TPSA) is 26.3 Å². The van der Waals surface area contributed by atoms with E-state index in [0.717, 1.165) is 12.8 Å². The highest BCUT2D eigenvalue weighted by Gasteiger charge is 2.01. The van der Waals surface area contributed by atoms with Gasteiger partial charge < -0.3 is 4.74 Å². The zero-order valence-electron chi connectivity index (χ0n) is 8.95. The predicted octanol–water partition coefficient (Wildman–Crippen LogP) is 2.54. The molecule has 1 rings (SSSR count). The van der Waals surface area contributed by atoms with Gasteiger partial charge in [-0.3, -0.25) is 0 Å². The van der Waals surface area contributed by atoms with Crippen LogP contribution in [-0.2, 0) is 16.0 Å². The van der Waals surface area contributed by atoms with Gasteiger partial charge in [-0.15, -0.1) is 0 Å². The summed E-state index contributed by atoms with van der Waals surface area (Å²) in [5.74, 6) is -0.309. The van der Waals surface area contributed by atoms with Crippen LogP contribution in [0.4, 0.5) is 0 Å². The van der Waals surface area contributed by atoms with Crippen LogP contribution < -0.4 is 0 Å². The Morgan fingerprint density at radius 2 is 2.13 bits per heavy atom. The van der Waals surface area contributed by atoms with Crippen molar-refractivity contribution in [3.05, 3.63) is 48.0 Å².